The van der Waals surface area contributed by atoms with Crippen LogP contribution in [-0.2, 0) is 32.2 Å². The van der Waals surface area contributed by atoms with E-state index in [1.165, 1.54) is 28.1 Å². The number of benzene rings is 1. The average Bonchev–Trinajstić information content (AvgIpc) is 3.21. The minimum Gasteiger partial charge on any atom is -0.313 e. The van der Waals surface area contributed by atoms with Gasteiger partial charge in [-0.05, 0) is 86.0 Å². The molecule has 5 nitrogen and oxygen atoms in total. The Morgan fingerprint density at radius 1 is 1.09 bits per heavy atom. The minimum absolute atomic E-state index is 0.0925. The number of nitrogens with one attached hydrogen (secondary N) is 1. The van der Waals surface area contributed by atoms with Crippen LogP contribution in [0.15, 0.2) is 59.9 Å². The van der Waals surface area contributed by atoms with Gasteiger partial charge in [0.15, 0.2) is 0 Å². The average molecular weight is 463 g/mol. The van der Waals surface area contributed by atoms with Crippen LogP contribution in [0.5, 0.6) is 0 Å². The molecule has 0 spiro atoms. The zero-order valence-corrected chi connectivity index (χ0v) is 19.3. The molecule has 0 amide bonds. The largest absolute Gasteiger partial charge is 0.313 e. The van der Waals surface area contributed by atoms with Gasteiger partial charge in [0, 0.05) is 29.9 Å². The Bertz CT molecular complexity index is 1280. The van der Waals surface area contributed by atoms with E-state index in [0.717, 1.165) is 60.8 Å². The highest BCUT2D eigenvalue weighted by molar-refractivity contribution is 7.18. The van der Waals surface area contributed by atoms with Gasteiger partial charge >= 0.3 is 0 Å². The van der Waals surface area contributed by atoms with Crippen LogP contribution < -0.4 is 10.9 Å². The summed E-state index contributed by atoms with van der Waals surface area (Å²) in [5.41, 5.74) is 3.66. The lowest BCUT2D eigenvalue weighted by Crippen LogP contribution is -2.35. The number of aryl methyl sites for hydroxylation is 3. The fraction of sp³-hybridized carbons (Fsp3) is 0.346. The minimum atomic E-state index is -0.197. The van der Waals surface area contributed by atoms with E-state index >= 15 is 0 Å². The van der Waals surface area contributed by atoms with E-state index in [1.807, 2.05) is 24.3 Å². The van der Waals surface area contributed by atoms with Crippen LogP contribution in [0.1, 0.15) is 34.4 Å². The molecular formula is C26H27FN4OS. The van der Waals surface area contributed by atoms with E-state index in [1.54, 1.807) is 34.6 Å². The van der Waals surface area contributed by atoms with Gasteiger partial charge in [-0.2, -0.15) is 0 Å². The van der Waals surface area contributed by atoms with E-state index < -0.39 is 0 Å². The summed E-state index contributed by atoms with van der Waals surface area (Å²) in [7, 11) is 0. The number of pyridine rings is 1. The number of rotatable bonds is 8. The first-order chi connectivity index (χ1) is 16.2. The summed E-state index contributed by atoms with van der Waals surface area (Å²) in [6, 6.07) is 11.1. The smallest absolute Gasteiger partial charge is 0.262 e. The molecule has 170 valence electrons. The lowest BCUT2D eigenvalue weighted by Gasteiger charge is -2.23. The molecule has 1 unspecified atom stereocenters. The Morgan fingerprint density at radius 3 is 2.70 bits per heavy atom. The maximum atomic E-state index is 13.2. The standard InChI is InChI=1S/C26H27FN4OS/c27-20-5-3-19(4-6-20)11-14-29-21-7-8-22-23(16-21)33-25-24(22)26(32)31(17-30-25)15-1-2-18-9-12-28-13-10-18/h3-6,9-10,12-13,17,21,29H,1-2,7-8,11,14-16H2. The normalized spacial score (nSPS) is 15.6. The molecular weight excluding hydrogens is 435 g/mol. The molecule has 1 aromatic carbocycles. The highest BCUT2D eigenvalue weighted by atomic mass is 32.1. The van der Waals surface area contributed by atoms with Crippen molar-refractivity contribution in [3.05, 3.63) is 92.9 Å². The number of hydrogen-bond acceptors (Lipinski definition) is 5. The number of halogens is 1. The van der Waals surface area contributed by atoms with E-state index in [4.69, 9.17) is 0 Å². The van der Waals surface area contributed by atoms with Gasteiger partial charge in [0.2, 0.25) is 0 Å². The molecule has 1 N–H and O–H groups in total. The van der Waals surface area contributed by atoms with Crippen molar-refractivity contribution in [1.29, 1.82) is 0 Å². The maximum absolute atomic E-state index is 13.2. The van der Waals surface area contributed by atoms with Gasteiger partial charge in [0.1, 0.15) is 10.6 Å². The van der Waals surface area contributed by atoms with Gasteiger partial charge < -0.3 is 5.32 Å². The van der Waals surface area contributed by atoms with E-state index in [2.05, 4.69) is 15.3 Å². The molecule has 0 bridgehead atoms. The first-order valence-corrected chi connectivity index (χ1v) is 12.4. The van der Waals surface area contributed by atoms with Crippen LogP contribution >= 0.6 is 11.3 Å². The Labute approximate surface area is 196 Å². The maximum Gasteiger partial charge on any atom is 0.262 e. The van der Waals surface area contributed by atoms with Gasteiger partial charge in [0.05, 0.1) is 11.7 Å². The third kappa shape index (κ3) is 5.04. The summed E-state index contributed by atoms with van der Waals surface area (Å²) < 4.78 is 14.8. The van der Waals surface area contributed by atoms with E-state index in [-0.39, 0.29) is 11.4 Å². The zero-order valence-electron chi connectivity index (χ0n) is 18.5. The van der Waals surface area contributed by atoms with Gasteiger partial charge in [-0.15, -0.1) is 11.3 Å². The zero-order chi connectivity index (χ0) is 22.6. The molecule has 1 aliphatic carbocycles. The van der Waals surface area contributed by atoms with Crippen molar-refractivity contribution in [3.8, 4) is 0 Å². The summed E-state index contributed by atoms with van der Waals surface area (Å²) in [6.45, 7) is 1.53. The molecule has 0 fully saturated rings. The third-order valence-corrected chi connectivity index (χ3v) is 7.57. The number of nitrogens with zero attached hydrogens (tertiary/aromatic N) is 3. The van der Waals surface area contributed by atoms with E-state index in [0.29, 0.717) is 12.6 Å². The number of hydrogen-bond donors (Lipinski definition) is 1. The van der Waals surface area contributed by atoms with Crippen molar-refractivity contribution in [1.82, 2.24) is 19.9 Å². The molecule has 0 saturated carbocycles. The molecule has 4 aromatic rings. The van der Waals surface area contributed by atoms with Gasteiger partial charge in [0.25, 0.3) is 5.56 Å². The monoisotopic (exact) mass is 462 g/mol. The second-order valence-electron chi connectivity index (χ2n) is 8.66. The molecule has 5 rings (SSSR count). The van der Waals surface area contributed by atoms with Crippen molar-refractivity contribution in [3.63, 3.8) is 0 Å². The third-order valence-electron chi connectivity index (χ3n) is 6.41. The molecule has 1 atom stereocenters. The van der Waals surface area contributed by atoms with E-state index in [9.17, 15) is 9.18 Å². The quantitative estimate of drug-likeness (QED) is 0.424. The fourth-order valence-corrected chi connectivity index (χ4v) is 5.87. The summed E-state index contributed by atoms with van der Waals surface area (Å²) in [5, 5.41) is 4.47. The molecule has 0 saturated heterocycles. The molecule has 0 aliphatic heterocycles. The van der Waals surface area contributed by atoms with Crippen LogP contribution in [0.4, 0.5) is 4.39 Å². The first kappa shape index (κ1) is 21.9. The first-order valence-electron chi connectivity index (χ1n) is 11.5. The molecule has 33 heavy (non-hydrogen) atoms. The molecule has 3 aromatic heterocycles. The van der Waals surface area contributed by atoms with Crippen molar-refractivity contribution in [2.24, 2.45) is 0 Å². The number of aromatic nitrogens is 3. The molecule has 1 aliphatic rings. The van der Waals surface area contributed by atoms with Crippen molar-refractivity contribution in [2.45, 2.75) is 51.1 Å². The summed E-state index contributed by atoms with van der Waals surface area (Å²) in [4.78, 5) is 24.0. The number of thiophene rings is 1. The Balaban J connectivity index is 1.22. The topological polar surface area (TPSA) is 59.8 Å². The van der Waals surface area contributed by atoms with Crippen LogP contribution in [0.2, 0.25) is 0 Å². The molecule has 3 heterocycles. The highest BCUT2D eigenvalue weighted by Crippen LogP contribution is 2.33. The summed E-state index contributed by atoms with van der Waals surface area (Å²) >= 11 is 1.67. The molecule has 0 radical (unpaired) electrons. The molecule has 7 heteroatoms. The summed E-state index contributed by atoms with van der Waals surface area (Å²) in [6.07, 6.45) is 10.8. The Morgan fingerprint density at radius 2 is 1.88 bits per heavy atom. The van der Waals surface area contributed by atoms with Crippen molar-refractivity contribution in [2.75, 3.05) is 6.54 Å². The Hall–Kier alpha value is -2.90. The second kappa shape index (κ2) is 9.93. The van der Waals surface area contributed by atoms with Crippen LogP contribution in [-0.4, -0.2) is 27.1 Å². The lowest BCUT2D eigenvalue weighted by atomic mass is 9.93. The summed E-state index contributed by atoms with van der Waals surface area (Å²) in [5.74, 6) is -0.197. The van der Waals surface area contributed by atoms with Crippen molar-refractivity contribution < 1.29 is 4.39 Å². The van der Waals surface area contributed by atoms with Crippen LogP contribution in [0.25, 0.3) is 10.2 Å². The van der Waals surface area contributed by atoms with Crippen molar-refractivity contribution >= 4 is 21.6 Å². The van der Waals surface area contributed by atoms with Gasteiger partial charge in [-0.1, -0.05) is 12.1 Å². The second-order valence-corrected chi connectivity index (χ2v) is 9.74. The SMILES string of the molecule is O=c1c2c3c(sc2ncn1CCCc1ccncc1)CC(NCCc1ccc(F)cc1)CC3. The Kier molecular flexibility index (Phi) is 6.60. The van der Waals surface area contributed by atoms with Crippen LogP contribution in [0, 0.1) is 5.82 Å². The van der Waals surface area contributed by atoms with Crippen LogP contribution in [0.3, 0.4) is 0 Å². The lowest BCUT2D eigenvalue weighted by molar-refractivity contribution is 0.466. The number of fused-ring (bicyclic) bond motifs is 3. The highest BCUT2D eigenvalue weighted by Gasteiger charge is 2.25. The van der Waals surface area contributed by atoms with Gasteiger partial charge in [-0.3, -0.25) is 14.3 Å². The van der Waals surface area contributed by atoms with Gasteiger partial charge in [-0.25, -0.2) is 9.37 Å². The predicted molar refractivity (Wildman–Crippen MR) is 130 cm³/mol. The fourth-order valence-electron chi connectivity index (χ4n) is 4.61. The predicted octanol–water partition coefficient (Wildman–Crippen LogP) is 4.31.